The molecule has 2 heteroatoms. The lowest BCUT2D eigenvalue weighted by atomic mass is 9.75. The van der Waals surface area contributed by atoms with Crippen LogP contribution in [0, 0.1) is 0 Å². The molecule has 0 aromatic heterocycles. The highest BCUT2D eigenvalue weighted by Gasteiger charge is 2.26. The lowest BCUT2D eigenvalue weighted by molar-refractivity contribution is 0.601. The molecule has 0 fully saturated rings. The molecular weight excluding hydrogens is 833 g/mol. The van der Waals surface area contributed by atoms with E-state index in [1.807, 2.05) is 0 Å². The van der Waals surface area contributed by atoms with E-state index in [4.69, 9.17) is 0 Å². The van der Waals surface area contributed by atoms with Gasteiger partial charge in [-0.1, -0.05) is 219 Å². The largest absolute Gasteiger partial charge is 0.311 e. The van der Waals surface area contributed by atoms with Gasteiger partial charge >= 0.3 is 0 Å². The van der Waals surface area contributed by atoms with Gasteiger partial charge in [-0.25, -0.2) is 0 Å². The Bertz CT molecular complexity index is 3160. The molecular formula is C67H52N2. The zero-order chi connectivity index (χ0) is 46.4. The summed E-state index contributed by atoms with van der Waals surface area (Å²) in [6.07, 6.45) is 8.01. The number of nitrogens with zero attached hydrogens (tertiary/aromatic N) is 2. The van der Waals surface area contributed by atoms with Gasteiger partial charge in [0.05, 0.1) is 0 Å². The third-order valence-electron chi connectivity index (χ3n) is 13.6. The molecule has 0 saturated heterocycles. The minimum Gasteiger partial charge on any atom is -0.311 e. The molecule has 330 valence electrons. The highest BCUT2D eigenvalue weighted by Crippen LogP contribution is 2.42. The van der Waals surface area contributed by atoms with Crippen LogP contribution in [0.25, 0.3) is 50.1 Å². The summed E-state index contributed by atoms with van der Waals surface area (Å²) in [6, 6.07) is 96.1. The lowest BCUT2D eigenvalue weighted by Crippen LogP contribution is -2.20. The van der Waals surface area contributed by atoms with Crippen molar-refractivity contribution in [2.24, 2.45) is 0 Å². The fourth-order valence-corrected chi connectivity index (χ4v) is 9.58. The number of rotatable bonds is 12. The molecule has 69 heavy (non-hydrogen) atoms. The first-order valence-electron chi connectivity index (χ1n) is 23.9. The van der Waals surface area contributed by atoms with Crippen LogP contribution < -0.4 is 9.80 Å². The second kappa shape index (κ2) is 19.2. The Balaban J connectivity index is 0.842. The standard InChI is InChI=1S/C67H52N2/c1-67(60-32-44-66(45-33-60)69(64-38-26-56(27-39-64)52-18-10-4-11-19-52)65-40-28-57(29-41-65)53-20-12-5-13-21-53)48-46-59(47-49-67)58-30-42-63(43-31-58)68(61-34-22-54(23-35-61)50-14-6-2-7-15-50)62-36-24-55(25-37-62)51-16-8-3-9-17-51/h2-48H,49H2,1H3. The molecule has 0 bridgehead atoms. The summed E-state index contributed by atoms with van der Waals surface area (Å²) >= 11 is 0. The molecule has 0 spiro atoms. The van der Waals surface area contributed by atoms with E-state index in [0.717, 1.165) is 40.5 Å². The molecule has 0 aliphatic heterocycles. The van der Waals surface area contributed by atoms with Crippen LogP contribution in [0.15, 0.2) is 285 Å². The first-order valence-corrected chi connectivity index (χ1v) is 23.9. The van der Waals surface area contributed by atoms with E-state index < -0.39 is 0 Å². The predicted octanol–water partition coefficient (Wildman–Crippen LogP) is 18.6. The van der Waals surface area contributed by atoms with Gasteiger partial charge in [-0.2, -0.15) is 0 Å². The Morgan fingerprint density at radius 3 is 0.783 bits per heavy atom. The topological polar surface area (TPSA) is 6.48 Å². The fourth-order valence-electron chi connectivity index (χ4n) is 9.58. The summed E-state index contributed by atoms with van der Waals surface area (Å²) in [6.45, 7) is 2.35. The highest BCUT2D eigenvalue weighted by atomic mass is 15.1. The summed E-state index contributed by atoms with van der Waals surface area (Å²) in [5.74, 6) is 0. The van der Waals surface area contributed by atoms with E-state index in [2.05, 4.69) is 302 Å². The molecule has 10 aromatic carbocycles. The van der Waals surface area contributed by atoms with Crippen molar-refractivity contribution in [3.63, 3.8) is 0 Å². The third-order valence-corrected chi connectivity index (χ3v) is 13.6. The molecule has 0 N–H and O–H groups in total. The maximum atomic E-state index is 2.40. The number of hydrogen-bond donors (Lipinski definition) is 0. The molecule has 0 saturated carbocycles. The normalized spacial score (nSPS) is 14.2. The van der Waals surface area contributed by atoms with E-state index in [1.54, 1.807) is 0 Å². The average molecular weight is 885 g/mol. The van der Waals surface area contributed by atoms with Gasteiger partial charge in [-0.15, -0.1) is 0 Å². The SMILES string of the molecule is CC1(c2ccc(N(c3ccc(-c4ccccc4)cc3)c3ccc(-c4ccccc4)cc3)cc2)C=CC(c2ccc(N(c3ccc(-c4ccccc4)cc3)c3ccc(-c4ccccc4)cc3)cc2)=CC1. The van der Waals surface area contributed by atoms with Crippen molar-refractivity contribution >= 4 is 39.7 Å². The first kappa shape index (κ1) is 42.9. The Labute approximate surface area is 407 Å². The van der Waals surface area contributed by atoms with Gasteiger partial charge in [0.2, 0.25) is 0 Å². The molecule has 10 aromatic rings. The van der Waals surface area contributed by atoms with Gasteiger partial charge in [0.15, 0.2) is 0 Å². The highest BCUT2D eigenvalue weighted by molar-refractivity contribution is 5.84. The Morgan fingerprint density at radius 2 is 0.522 bits per heavy atom. The van der Waals surface area contributed by atoms with Crippen molar-refractivity contribution in [2.45, 2.75) is 18.8 Å². The summed E-state index contributed by atoms with van der Waals surface area (Å²) < 4.78 is 0. The summed E-state index contributed by atoms with van der Waals surface area (Å²) in [5.41, 5.74) is 19.9. The number of anilines is 6. The van der Waals surface area contributed by atoms with Crippen LogP contribution in [0.5, 0.6) is 0 Å². The maximum absolute atomic E-state index is 2.40. The van der Waals surface area contributed by atoms with Crippen molar-refractivity contribution in [1.82, 2.24) is 0 Å². The molecule has 1 aliphatic carbocycles. The van der Waals surface area contributed by atoms with Crippen molar-refractivity contribution in [3.05, 3.63) is 296 Å². The van der Waals surface area contributed by atoms with Crippen molar-refractivity contribution in [2.75, 3.05) is 9.80 Å². The van der Waals surface area contributed by atoms with Crippen LogP contribution in [0.4, 0.5) is 34.1 Å². The number of hydrogen-bond acceptors (Lipinski definition) is 2. The molecule has 1 aliphatic rings. The fraction of sp³-hybridized carbons (Fsp3) is 0.0448. The van der Waals surface area contributed by atoms with Crippen LogP contribution in [0.3, 0.4) is 0 Å². The van der Waals surface area contributed by atoms with Crippen LogP contribution in [-0.2, 0) is 5.41 Å². The van der Waals surface area contributed by atoms with Crippen LogP contribution in [0.2, 0.25) is 0 Å². The Morgan fingerprint density at radius 1 is 0.275 bits per heavy atom. The van der Waals surface area contributed by atoms with E-state index in [-0.39, 0.29) is 5.41 Å². The van der Waals surface area contributed by atoms with Crippen molar-refractivity contribution < 1.29 is 0 Å². The van der Waals surface area contributed by atoms with Gasteiger partial charge in [0, 0.05) is 39.5 Å². The lowest BCUT2D eigenvalue weighted by Gasteiger charge is -2.31. The Kier molecular flexibility index (Phi) is 12.0. The van der Waals surface area contributed by atoms with Crippen molar-refractivity contribution in [3.8, 4) is 44.5 Å². The number of benzene rings is 10. The third kappa shape index (κ3) is 9.22. The van der Waals surface area contributed by atoms with Crippen LogP contribution in [0.1, 0.15) is 24.5 Å². The second-order valence-corrected chi connectivity index (χ2v) is 18.0. The Hall–Kier alpha value is -8.72. The van der Waals surface area contributed by atoms with Gasteiger partial charge in [-0.3, -0.25) is 0 Å². The zero-order valence-corrected chi connectivity index (χ0v) is 38.7. The zero-order valence-electron chi connectivity index (χ0n) is 38.7. The molecule has 1 unspecified atom stereocenters. The summed E-state index contributed by atoms with van der Waals surface area (Å²) in [5, 5.41) is 0. The van der Waals surface area contributed by atoms with E-state index >= 15 is 0 Å². The van der Waals surface area contributed by atoms with Gasteiger partial charge in [0.1, 0.15) is 0 Å². The monoisotopic (exact) mass is 884 g/mol. The van der Waals surface area contributed by atoms with Crippen LogP contribution >= 0.6 is 0 Å². The average Bonchev–Trinajstić information content (AvgIpc) is 3.43. The minimum absolute atomic E-state index is 0.143. The molecule has 1 atom stereocenters. The summed E-state index contributed by atoms with van der Waals surface area (Å²) in [7, 11) is 0. The van der Waals surface area contributed by atoms with E-state index in [0.29, 0.717) is 0 Å². The number of allylic oxidation sites excluding steroid dienone is 4. The summed E-state index contributed by atoms with van der Waals surface area (Å²) in [4.78, 5) is 4.70. The van der Waals surface area contributed by atoms with E-state index in [1.165, 1.54) is 61.2 Å². The van der Waals surface area contributed by atoms with Crippen molar-refractivity contribution in [1.29, 1.82) is 0 Å². The molecule has 2 nitrogen and oxygen atoms in total. The smallest absolute Gasteiger partial charge is 0.0462 e. The first-order chi connectivity index (χ1) is 34.0. The molecule has 0 heterocycles. The van der Waals surface area contributed by atoms with Gasteiger partial charge < -0.3 is 9.80 Å². The molecule has 11 rings (SSSR count). The van der Waals surface area contributed by atoms with Gasteiger partial charge in [-0.05, 0) is 140 Å². The second-order valence-electron chi connectivity index (χ2n) is 18.0. The quantitative estimate of drug-likeness (QED) is 0.121. The molecule has 0 amide bonds. The van der Waals surface area contributed by atoms with Crippen LogP contribution in [-0.4, -0.2) is 0 Å². The molecule has 0 radical (unpaired) electrons. The minimum atomic E-state index is -0.143. The van der Waals surface area contributed by atoms with E-state index in [9.17, 15) is 0 Å². The maximum Gasteiger partial charge on any atom is 0.0462 e. The predicted molar refractivity (Wildman–Crippen MR) is 293 cm³/mol. The van der Waals surface area contributed by atoms with Gasteiger partial charge in [0.25, 0.3) is 0 Å².